The van der Waals surface area contributed by atoms with Gasteiger partial charge in [0, 0.05) is 11.4 Å². The van der Waals surface area contributed by atoms with E-state index >= 15 is 0 Å². The summed E-state index contributed by atoms with van der Waals surface area (Å²) in [6.07, 6.45) is -0.635. The molecule has 0 radical (unpaired) electrons. The van der Waals surface area contributed by atoms with Gasteiger partial charge in [0.25, 0.3) is 5.91 Å². The van der Waals surface area contributed by atoms with Gasteiger partial charge in [-0.3, -0.25) is 9.59 Å². The Hall–Kier alpha value is -3.36. The van der Waals surface area contributed by atoms with Gasteiger partial charge in [0.15, 0.2) is 10.4 Å². The molecule has 2 N–H and O–H groups in total. The maximum atomic E-state index is 12.5. The Balaban J connectivity index is 1.34. The van der Waals surface area contributed by atoms with Crippen LogP contribution in [0.2, 0.25) is 0 Å². The molecule has 0 saturated carbocycles. The van der Waals surface area contributed by atoms with Gasteiger partial charge >= 0.3 is 0 Å². The van der Waals surface area contributed by atoms with Crippen molar-refractivity contribution in [3.63, 3.8) is 0 Å². The fraction of sp³-hybridized carbons (Fsp3) is 0.125. The molecule has 1 aromatic heterocycles. The first-order valence-corrected chi connectivity index (χ1v) is 11.8. The molecular weight excluding hydrogens is 442 g/mol. The number of hydrogen-bond acceptors (Lipinski definition) is 6. The SMILES string of the molecule is CC(Oc1ccccc1)C(=O)Nc1ccc2nc(SCC(=O)Nc3ccccc3)sc2c1. The number of carbonyl (C=O) groups is 2. The molecule has 6 nitrogen and oxygen atoms in total. The second kappa shape index (κ2) is 10.3. The highest BCUT2D eigenvalue weighted by Gasteiger charge is 2.16. The van der Waals surface area contributed by atoms with Gasteiger partial charge in [-0.1, -0.05) is 48.2 Å². The number of benzene rings is 3. The summed E-state index contributed by atoms with van der Waals surface area (Å²) in [5, 5.41) is 5.75. The highest BCUT2D eigenvalue weighted by Crippen LogP contribution is 2.31. The number of hydrogen-bond donors (Lipinski definition) is 2. The highest BCUT2D eigenvalue weighted by atomic mass is 32.2. The number of thiazole rings is 1. The summed E-state index contributed by atoms with van der Waals surface area (Å²) in [7, 11) is 0. The molecule has 32 heavy (non-hydrogen) atoms. The molecule has 1 unspecified atom stereocenters. The lowest BCUT2D eigenvalue weighted by Gasteiger charge is -2.14. The quantitative estimate of drug-likeness (QED) is 0.341. The van der Waals surface area contributed by atoms with Crippen LogP contribution in [-0.4, -0.2) is 28.7 Å². The molecule has 0 saturated heterocycles. The van der Waals surface area contributed by atoms with Crippen LogP contribution in [0, 0.1) is 0 Å². The van der Waals surface area contributed by atoms with Gasteiger partial charge in [-0.25, -0.2) is 4.98 Å². The van der Waals surface area contributed by atoms with Crippen LogP contribution in [0.1, 0.15) is 6.92 Å². The molecule has 0 bridgehead atoms. The summed E-state index contributed by atoms with van der Waals surface area (Å²) in [6, 6.07) is 24.1. The molecule has 162 valence electrons. The van der Waals surface area contributed by atoms with Crippen LogP contribution in [0.5, 0.6) is 5.75 Å². The van der Waals surface area contributed by atoms with Gasteiger partial charge < -0.3 is 15.4 Å². The molecule has 0 aliphatic carbocycles. The van der Waals surface area contributed by atoms with Crippen molar-refractivity contribution in [2.75, 3.05) is 16.4 Å². The minimum Gasteiger partial charge on any atom is -0.481 e. The zero-order valence-corrected chi connectivity index (χ0v) is 18.9. The Labute approximate surface area is 194 Å². The average Bonchev–Trinajstić information content (AvgIpc) is 3.21. The van der Waals surface area contributed by atoms with E-state index in [1.807, 2.05) is 78.9 Å². The zero-order chi connectivity index (χ0) is 22.3. The number of para-hydroxylation sites is 2. The predicted octanol–water partition coefficient (Wildman–Crippen LogP) is 5.43. The Morgan fingerprint density at radius 3 is 2.44 bits per heavy atom. The van der Waals surface area contributed by atoms with Gasteiger partial charge in [-0.05, 0) is 49.4 Å². The van der Waals surface area contributed by atoms with Crippen LogP contribution in [0.25, 0.3) is 10.2 Å². The number of thioether (sulfide) groups is 1. The monoisotopic (exact) mass is 463 g/mol. The van der Waals surface area contributed by atoms with Crippen LogP contribution in [0.15, 0.2) is 83.2 Å². The van der Waals surface area contributed by atoms with E-state index < -0.39 is 6.10 Å². The number of anilines is 2. The molecule has 0 fully saturated rings. The molecule has 0 aliphatic heterocycles. The number of nitrogens with one attached hydrogen (secondary N) is 2. The minimum atomic E-state index is -0.635. The summed E-state index contributed by atoms with van der Waals surface area (Å²) in [5.74, 6) is 0.601. The Kier molecular flexibility index (Phi) is 7.03. The molecule has 4 rings (SSSR count). The Morgan fingerprint density at radius 1 is 0.969 bits per heavy atom. The van der Waals surface area contributed by atoms with E-state index in [0.29, 0.717) is 11.4 Å². The summed E-state index contributed by atoms with van der Waals surface area (Å²) in [4.78, 5) is 29.2. The third-order valence-electron chi connectivity index (χ3n) is 4.45. The van der Waals surface area contributed by atoms with Crippen LogP contribution < -0.4 is 15.4 Å². The van der Waals surface area contributed by atoms with Crippen molar-refractivity contribution in [1.82, 2.24) is 4.98 Å². The third kappa shape index (κ3) is 5.87. The van der Waals surface area contributed by atoms with Crippen LogP contribution in [0.4, 0.5) is 11.4 Å². The number of ether oxygens (including phenoxy) is 1. The Bertz CT molecular complexity index is 1210. The number of nitrogens with zero attached hydrogens (tertiary/aromatic N) is 1. The Morgan fingerprint density at radius 2 is 1.69 bits per heavy atom. The maximum absolute atomic E-state index is 12.5. The second-order valence-corrected chi connectivity index (χ2v) is 9.18. The van der Waals surface area contributed by atoms with Gasteiger partial charge in [-0.15, -0.1) is 11.3 Å². The molecular formula is C24H21N3O3S2. The molecule has 0 spiro atoms. The van der Waals surface area contributed by atoms with Crippen molar-refractivity contribution in [2.24, 2.45) is 0 Å². The maximum Gasteiger partial charge on any atom is 0.265 e. The predicted molar refractivity (Wildman–Crippen MR) is 131 cm³/mol. The smallest absolute Gasteiger partial charge is 0.265 e. The van der Waals surface area contributed by atoms with Gasteiger partial charge in [0.2, 0.25) is 5.91 Å². The summed E-state index contributed by atoms with van der Waals surface area (Å²) >= 11 is 2.87. The van der Waals surface area contributed by atoms with E-state index in [1.54, 1.807) is 6.92 Å². The first kappa shape index (κ1) is 21.9. The number of aromatic nitrogens is 1. The van der Waals surface area contributed by atoms with Crippen LogP contribution >= 0.6 is 23.1 Å². The molecule has 1 heterocycles. The fourth-order valence-electron chi connectivity index (χ4n) is 2.89. The lowest BCUT2D eigenvalue weighted by atomic mass is 10.2. The van der Waals surface area contributed by atoms with Crippen LogP contribution in [0.3, 0.4) is 0 Å². The van der Waals surface area contributed by atoms with E-state index in [2.05, 4.69) is 15.6 Å². The molecule has 8 heteroatoms. The normalized spacial score (nSPS) is 11.7. The highest BCUT2D eigenvalue weighted by molar-refractivity contribution is 8.01. The number of fused-ring (bicyclic) bond motifs is 1. The summed E-state index contributed by atoms with van der Waals surface area (Å²) < 4.78 is 7.41. The summed E-state index contributed by atoms with van der Waals surface area (Å²) in [6.45, 7) is 1.71. The van der Waals surface area contributed by atoms with E-state index in [-0.39, 0.29) is 17.6 Å². The summed E-state index contributed by atoms with van der Waals surface area (Å²) in [5.41, 5.74) is 2.27. The molecule has 3 aromatic carbocycles. The van der Waals surface area contributed by atoms with E-state index in [1.165, 1.54) is 23.1 Å². The number of carbonyl (C=O) groups excluding carboxylic acids is 2. The number of amides is 2. The van der Waals surface area contributed by atoms with E-state index in [9.17, 15) is 9.59 Å². The second-order valence-electron chi connectivity index (χ2n) is 6.93. The topological polar surface area (TPSA) is 80.3 Å². The van der Waals surface area contributed by atoms with E-state index in [0.717, 1.165) is 20.2 Å². The van der Waals surface area contributed by atoms with Gasteiger partial charge in [0.1, 0.15) is 5.75 Å². The van der Waals surface area contributed by atoms with Gasteiger partial charge in [-0.2, -0.15) is 0 Å². The molecule has 1 atom stereocenters. The average molecular weight is 464 g/mol. The third-order valence-corrected chi connectivity index (χ3v) is 6.61. The largest absolute Gasteiger partial charge is 0.481 e. The lowest BCUT2D eigenvalue weighted by Crippen LogP contribution is -2.30. The van der Waals surface area contributed by atoms with E-state index in [4.69, 9.17) is 4.74 Å². The van der Waals surface area contributed by atoms with Crippen molar-refractivity contribution in [1.29, 1.82) is 0 Å². The first-order valence-electron chi connectivity index (χ1n) is 9.98. The van der Waals surface area contributed by atoms with Crippen molar-refractivity contribution < 1.29 is 14.3 Å². The zero-order valence-electron chi connectivity index (χ0n) is 17.3. The molecule has 2 amide bonds. The van der Waals surface area contributed by atoms with Crippen molar-refractivity contribution in [3.05, 3.63) is 78.9 Å². The lowest BCUT2D eigenvalue weighted by molar-refractivity contribution is -0.122. The van der Waals surface area contributed by atoms with Crippen LogP contribution in [-0.2, 0) is 9.59 Å². The van der Waals surface area contributed by atoms with Gasteiger partial charge in [0.05, 0.1) is 16.0 Å². The van der Waals surface area contributed by atoms with Crippen molar-refractivity contribution in [2.45, 2.75) is 17.4 Å². The minimum absolute atomic E-state index is 0.0826. The van der Waals surface area contributed by atoms with Crippen molar-refractivity contribution >= 4 is 56.5 Å². The van der Waals surface area contributed by atoms with Crippen molar-refractivity contribution in [3.8, 4) is 5.75 Å². The number of rotatable bonds is 8. The first-order chi connectivity index (χ1) is 15.6. The fourth-order valence-corrected chi connectivity index (χ4v) is 4.80. The molecule has 0 aliphatic rings. The standard InChI is InChI=1S/C24H21N3O3S2/c1-16(30-19-10-6-3-7-11-19)23(29)26-18-12-13-20-21(14-18)32-24(27-20)31-15-22(28)25-17-8-4-2-5-9-17/h2-14,16H,15H2,1H3,(H,25,28)(H,26,29). The molecule has 4 aromatic rings.